The fourth-order valence-corrected chi connectivity index (χ4v) is 3.33. The summed E-state index contributed by atoms with van der Waals surface area (Å²) in [7, 11) is 3.45. The molecule has 2 amide bonds. The molecule has 1 aliphatic heterocycles. The summed E-state index contributed by atoms with van der Waals surface area (Å²) in [6.07, 6.45) is 1.58. The molecule has 5 nitrogen and oxygen atoms in total. The third-order valence-electron chi connectivity index (χ3n) is 5.25. The van der Waals surface area contributed by atoms with Crippen LogP contribution in [0.3, 0.4) is 0 Å². The van der Waals surface area contributed by atoms with Gasteiger partial charge in [-0.15, -0.1) is 0 Å². The normalized spacial score (nSPS) is 14.9. The van der Waals surface area contributed by atoms with Gasteiger partial charge in [-0.25, -0.2) is 0 Å². The predicted molar refractivity (Wildman–Crippen MR) is 105 cm³/mol. The Morgan fingerprint density at radius 3 is 2.37 bits per heavy atom. The first-order valence-corrected chi connectivity index (χ1v) is 9.27. The van der Waals surface area contributed by atoms with Crippen molar-refractivity contribution in [3.05, 3.63) is 65.2 Å². The van der Waals surface area contributed by atoms with Crippen molar-refractivity contribution in [2.45, 2.75) is 32.4 Å². The highest BCUT2D eigenvalue weighted by Crippen LogP contribution is 2.23. The number of amides is 2. The molecular formula is C22H26N2O3. The van der Waals surface area contributed by atoms with Crippen LogP contribution in [0, 0.1) is 0 Å². The van der Waals surface area contributed by atoms with Gasteiger partial charge in [-0.05, 0) is 48.7 Å². The lowest BCUT2D eigenvalue weighted by atomic mass is 10.1. The molecule has 0 radical (unpaired) electrons. The average Bonchev–Trinajstić information content (AvgIpc) is 3.11. The second-order valence-corrected chi connectivity index (χ2v) is 6.98. The summed E-state index contributed by atoms with van der Waals surface area (Å²) in [5, 5.41) is 0. The number of likely N-dealkylation sites (tertiary alicyclic amines) is 1. The third kappa shape index (κ3) is 4.30. The fraction of sp³-hybridized carbons (Fsp3) is 0.364. The van der Waals surface area contributed by atoms with Crippen molar-refractivity contribution in [2.24, 2.45) is 0 Å². The SMILES string of the molecule is COc1ccc(C(C)N(C)C(=O)c2ccc(CN3CCCC3=O)cc2)cc1. The van der Waals surface area contributed by atoms with Gasteiger partial charge in [0, 0.05) is 32.1 Å². The summed E-state index contributed by atoms with van der Waals surface area (Å²) in [5.74, 6) is 0.984. The van der Waals surface area contributed by atoms with E-state index in [4.69, 9.17) is 4.74 Å². The van der Waals surface area contributed by atoms with Crippen LogP contribution in [0.2, 0.25) is 0 Å². The largest absolute Gasteiger partial charge is 0.497 e. The Hall–Kier alpha value is -2.82. The highest BCUT2D eigenvalue weighted by Gasteiger charge is 2.21. The third-order valence-corrected chi connectivity index (χ3v) is 5.25. The molecule has 0 spiro atoms. The van der Waals surface area contributed by atoms with Gasteiger partial charge in [-0.2, -0.15) is 0 Å². The lowest BCUT2D eigenvalue weighted by molar-refractivity contribution is -0.128. The topological polar surface area (TPSA) is 49.9 Å². The minimum atomic E-state index is -0.0506. The van der Waals surface area contributed by atoms with E-state index in [0.717, 1.165) is 29.8 Å². The van der Waals surface area contributed by atoms with E-state index in [1.54, 1.807) is 12.0 Å². The first-order valence-electron chi connectivity index (χ1n) is 9.27. The van der Waals surface area contributed by atoms with Crippen LogP contribution in [0.25, 0.3) is 0 Å². The minimum absolute atomic E-state index is 0.0258. The first kappa shape index (κ1) is 19.0. The first-order chi connectivity index (χ1) is 13.0. The van der Waals surface area contributed by atoms with Crippen LogP contribution in [0.15, 0.2) is 48.5 Å². The van der Waals surface area contributed by atoms with E-state index >= 15 is 0 Å². The van der Waals surface area contributed by atoms with Crippen LogP contribution in [0.1, 0.15) is 47.3 Å². The fourth-order valence-electron chi connectivity index (χ4n) is 3.33. The van der Waals surface area contributed by atoms with Crippen LogP contribution in [0.5, 0.6) is 5.75 Å². The van der Waals surface area contributed by atoms with Crippen molar-refractivity contribution >= 4 is 11.8 Å². The Bertz CT molecular complexity index is 799. The maximum absolute atomic E-state index is 12.8. The molecule has 1 atom stereocenters. The van der Waals surface area contributed by atoms with Crippen molar-refractivity contribution in [2.75, 3.05) is 20.7 Å². The van der Waals surface area contributed by atoms with E-state index in [-0.39, 0.29) is 17.9 Å². The Morgan fingerprint density at radius 2 is 1.81 bits per heavy atom. The van der Waals surface area contributed by atoms with Gasteiger partial charge in [-0.3, -0.25) is 9.59 Å². The number of nitrogens with zero attached hydrogens (tertiary/aromatic N) is 2. The molecule has 1 fully saturated rings. The maximum Gasteiger partial charge on any atom is 0.254 e. The number of benzene rings is 2. The second-order valence-electron chi connectivity index (χ2n) is 6.98. The van der Waals surface area contributed by atoms with Crippen molar-refractivity contribution < 1.29 is 14.3 Å². The summed E-state index contributed by atoms with van der Waals surface area (Å²) in [6, 6.07) is 15.3. The molecule has 1 unspecified atom stereocenters. The lowest BCUT2D eigenvalue weighted by Gasteiger charge is -2.26. The van der Waals surface area contributed by atoms with E-state index in [2.05, 4.69) is 0 Å². The summed E-state index contributed by atoms with van der Waals surface area (Å²) < 4.78 is 5.19. The van der Waals surface area contributed by atoms with Gasteiger partial charge in [0.05, 0.1) is 13.2 Å². The molecule has 5 heteroatoms. The van der Waals surface area contributed by atoms with Gasteiger partial charge in [0.15, 0.2) is 0 Å². The zero-order chi connectivity index (χ0) is 19.4. The molecule has 1 heterocycles. The zero-order valence-electron chi connectivity index (χ0n) is 16.1. The van der Waals surface area contributed by atoms with Crippen molar-refractivity contribution in [1.82, 2.24) is 9.80 Å². The maximum atomic E-state index is 12.8. The molecular weight excluding hydrogens is 340 g/mol. The number of hydrogen-bond donors (Lipinski definition) is 0. The average molecular weight is 366 g/mol. The zero-order valence-corrected chi connectivity index (χ0v) is 16.1. The van der Waals surface area contributed by atoms with E-state index in [1.807, 2.05) is 67.4 Å². The van der Waals surface area contributed by atoms with Gasteiger partial charge in [0.1, 0.15) is 5.75 Å². The smallest absolute Gasteiger partial charge is 0.254 e. The summed E-state index contributed by atoms with van der Waals surface area (Å²) >= 11 is 0. The number of methoxy groups -OCH3 is 1. The van der Waals surface area contributed by atoms with Crippen LogP contribution >= 0.6 is 0 Å². The predicted octanol–water partition coefficient (Wildman–Crippen LogP) is 3.65. The Labute approximate surface area is 160 Å². The Balaban J connectivity index is 1.65. The number of carbonyl (C=O) groups excluding carboxylic acids is 2. The summed E-state index contributed by atoms with van der Waals surface area (Å²) in [4.78, 5) is 28.2. The van der Waals surface area contributed by atoms with Crippen molar-refractivity contribution in [1.29, 1.82) is 0 Å². The minimum Gasteiger partial charge on any atom is -0.497 e. The Kier molecular flexibility index (Phi) is 5.79. The van der Waals surface area contributed by atoms with Crippen LogP contribution in [0.4, 0.5) is 0 Å². The van der Waals surface area contributed by atoms with Crippen LogP contribution in [-0.4, -0.2) is 42.3 Å². The number of carbonyl (C=O) groups is 2. The van der Waals surface area contributed by atoms with E-state index < -0.39 is 0 Å². The quantitative estimate of drug-likeness (QED) is 0.784. The molecule has 3 rings (SSSR count). The van der Waals surface area contributed by atoms with Crippen LogP contribution in [-0.2, 0) is 11.3 Å². The molecule has 1 aliphatic rings. The monoisotopic (exact) mass is 366 g/mol. The lowest BCUT2D eigenvalue weighted by Crippen LogP contribution is -2.29. The molecule has 0 bridgehead atoms. The molecule has 0 aliphatic carbocycles. The van der Waals surface area contributed by atoms with Gasteiger partial charge in [0.2, 0.25) is 5.91 Å². The van der Waals surface area contributed by atoms with Crippen molar-refractivity contribution in [3.8, 4) is 5.75 Å². The summed E-state index contributed by atoms with van der Waals surface area (Å²) in [5.41, 5.74) is 2.75. The highest BCUT2D eigenvalue weighted by molar-refractivity contribution is 5.94. The molecule has 0 aromatic heterocycles. The van der Waals surface area contributed by atoms with Crippen LogP contribution < -0.4 is 4.74 Å². The van der Waals surface area contributed by atoms with Gasteiger partial charge in [-0.1, -0.05) is 24.3 Å². The second kappa shape index (κ2) is 8.25. The number of ether oxygens (including phenoxy) is 1. The molecule has 142 valence electrons. The van der Waals surface area contributed by atoms with E-state index in [0.29, 0.717) is 18.5 Å². The van der Waals surface area contributed by atoms with Gasteiger partial charge >= 0.3 is 0 Å². The molecule has 0 saturated carbocycles. The summed E-state index contributed by atoms with van der Waals surface area (Å²) in [6.45, 7) is 3.44. The standard InChI is InChI=1S/C22H26N2O3/c1-16(18-10-12-20(27-3)13-11-18)23(2)22(26)19-8-6-17(7-9-19)15-24-14-4-5-21(24)25/h6-13,16H,4-5,14-15H2,1-3H3. The highest BCUT2D eigenvalue weighted by atomic mass is 16.5. The number of rotatable bonds is 6. The van der Waals surface area contributed by atoms with Crippen molar-refractivity contribution in [3.63, 3.8) is 0 Å². The molecule has 2 aromatic rings. The molecule has 1 saturated heterocycles. The Morgan fingerprint density at radius 1 is 1.15 bits per heavy atom. The number of hydrogen-bond acceptors (Lipinski definition) is 3. The van der Waals surface area contributed by atoms with Gasteiger partial charge in [0.25, 0.3) is 5.91 Å². The van der Waals surface area contributed by atoms with Gasteiger partial charge < -0.3 is 14.5 Å². The van der Waals surface area contributed by atoms with E-state index in [9.17, 15) is 9.59 Å². The molecule has 2 aromatic carbocycles. The molecule has 27 heavy (non-hydrogen) atoms. The van der Waals surface area contributed by atoms with E-state index in [1.165, 1.54) is 0 Å². The molecule has 0 N–H and O–H groups in total.